The Morgan fingerprint density at radius 3 is 3.00 bits per heavy atom. The molecule has 0 saturated carbocycles. The number of aliphatic hydroxyl groups excluding tert-OH is 1. The second kappa shape index (κ2) is 5.69. The van der Waals surface area contributed by atoms with Crippen LogP contribution in [0.1, 0.15) is 19.8 Å². The van der Waals surface area contributed by atoms with Gasteiger partial charge in [0.05, 0.1) is 17.9 Å². The predicted octanol–water partition coefficient (Wildman–Crippen LogP) is 2.16. The van der Waals surface area contributed by atoms with Gasteiger partial charge in [-0.15, -0.1) is 0 Å². The van der Waals surface area contributed by atoms with Crippen molar-refractivity contribution in [2.75, 3.05) is 13.1 Å². The third-order valence-corrected chi connectivity index (χ3v) is 4.16. The highest BCUT2D eigenvalue weighted by Gasteiger charge is 2.22. The highest BCUT2D eigenvalue weighted by molar-refractivity contribution is 5.75. The average molecular weight is 295 g/mol. The number of fused-ring (bicyclic) bond motifs is 1. The molecule has 21 heavy (non-hydrogen) atoms. The quantitative estimate of drug-likeness (QED) is 0.943. The Bertz CT molecular complexity index is 643. The lowest BCUT2D eigenvalue weighted by Gasteiger charge is -2.35. The van der Waals surface area contributed by atoms with Crippen molar-refractivity contribution in [1.82, 2.24) is 14.5 Å². The molecule has 1 saturated heterocycles. The van der Waals surface area contributed by atoms with Gasteiger partial charge < -0.3 is 9.67 Å². The summed E-state index contributed by atoms with van der Waals surface area (Å²) in [4.78, 5) is 6.23. The van der Waals surface area contributed by atoms with Gasteiger partial charge in [-0.3, -0.25) is 4.90 Å². The number of benzene rings is 1. The van der Waals surface area contributed by atoms with Gasteiger partial charge in [0.1, 0.15) is 11.3 Å². The molecule has 3 rings (SSSR count). The number of nitrogens with zero attached hydrogens (tertiary/aromatic N) is 3. The van der Waals surface area contributed by atoms with Crippen LogP contribution in [0.5, 0.6) is 0 Å². The van der Waals surface area contributed by atoms with Crippen molar-refractivity contribution in [3.8, 4) is 0 Å². The summed E-state index contributed by atoms with van der Waals surface area (Å²) in [5.74, 6) is -1.23. The van der Waals surface area contributed by atoms with Crippen LogP contribution in [0.3, 0.4) is 0 Å². The van der Waals surface area contributed by atoms with E-state index in [0.29, 0.717) is 18.6 Å². The number of rotatable bonds is 3. The molecule has 1 N–H and O–H groups in total. The smallest absolute Gasteiger partial charge is 0.153 e. The first kappa shape index (κ1) is 14.4. The van der Waals surface area contributed by atoms with Gasteiger partial charge in [0.15, 0.2) is 5.82 Å². The Kier molecular flexibility index (Phi) is 3.91. The zero-order valence-corrected chi connectivity index (χ0v) is 12.0. The first-order valence-electron chi connectivity index (χ1n) is 7.26. The Morgan fingerprint density at radius 1 is 1.43 bits per heavy atom. The molecule has 0 spiro atoms. The lowest BCUT2D eigenvalue weighted by Crippen LogP contribution is -2.45. The Hall–Kier alpha value is -1.53. The summed E-state index contributed by atoms with van der Waals surface area (Å²) >= 11 is 0. The second-order valence-corrected chi connectivity index (χ2v) is 5.79. The van der Waals surface area contributed by atoms with Crippen LogP contribution in [0.25, 0.3) is 11.0 Å². The van der Waals surface area contributed by atoms with Crippen molar-refractivity contribution >= 4 is 11.0 Å². The molecule has 4 nitrogen and oxygen atoms in total. The molecular weight excluding hydrogens is 276 g/mol. The van der Waals surface area contributed by atoms with E-state index in [0.717, 1.165) is 25.5 Å². The maximum absolute atomic E-state index is 13.6. The minimum absolute atomic E-state index is 0.170. The van der Waals surface area contributed by atoms with Crippen molar-refractivity contribution in [3.05, 3.63) is 30.1 Å². The van der Waals surface area contributed by atoms with E-state index in [1.165, 1.54) is 6.07 Å². The van der Waals surface area contributed by atoms with Crippen LogP contribution in [0, 0.1) is 11.6 Å². The van der Waals surface area contributed by atoms with Crippen LogP contribution in [0.15, 0.2) is 18.5 Å². The third-order valence-electron chi connectivity index (χ3n) is 4.16. The summed E-state index contributed by atoms with van der Waals surface area (Å²) in [6, 6.07) is 2.33. The topological polar surface area (TPSA) is 41.3 Å². The minimum atomic E-state index is -0.634. The van der Waals surface area contributed by atoms with Crippen LogP contribution in [0.4, 0.5) is 8.78 Å². The number of hydrogen-bond acceptors (Lipinski definition) is 3. The summed E-state index contributed by atoms with van der Waals surface area (Å²) in [5, 5.41) is 9.74. The van der Waals surface area contributed by atoms with Crippen molar-refractivity contribution in [2.24, 2.45) is 0 Å². The number of aromatic nitrogens is 2. The summed E-state index contributed by atoms with van der Waals surface area (Å²) in [7, 11) is 0. The van der Waals surface area contributed by atoms with Gasteiger partial charge >= 0.3 is 0 Å². The summed E-state index contributed by atoms with van der Waals surface area (Å²) in [6.07, 6.45) is 3.08. The van der Waals surface area contributed by atoms with Crippen LogP contribution in [-0.4, -0.2) is 44.8 Å². The van der Waals surface area contributed by atoms with Gasteiger partial charge in [-0.05, 0) is 32.4 Å². The Labute approximate surface area is 122 Å². The predicted molar refractivity (Wildman–Crippen MR) is 75.9 cm³/mol. The molecule has 1 fully saturated rings. The van der Waals surface area contributed by atoms with Gasteiger partial charge in [-0.1, -0.05) is 0 Å². The molecule has 1 aromatic carbocycles. The van der Waals surface area contributed by atoms with E-state index in [2.05, 4.69) is 16.8 Å². The largest absolute Gasteiger partial charge is 0.392 e. The number of halogens is 2. The van der Waals surface area contributed by atoms with Crippen molar-refractivity contribution in [2.45, 2.75) is 38.5 Å². The zero-order chi connectivity index (χ0) is 15.0. The Morgan fingerprint density at radius 2 is 2.24 bits per heavy atom. The molecule has 114 valence electrons. The van der Waals surface area contributed by atoms with Crippen LogP contribution < -0.4 is 0 Å². The SMILES string of the molecule is CC(Cn1cnc2c(F)cc(F)cc21)N1CCC[C@H](O)C1. The molecule has 2 aromatic rings. The van der Waals surface area contributed by atoms with E-state index in [9.17, 15) is 13.9 Å². The highest BCUT2D eigenvalue weighted by Crippen LogP contribution is 2.20. The summed E-state index contributed by atoms with van der Waals surface area (Å²) in [6.45, 7) is 4.23. The molecular formula is C15H19F2N3O. The fourth-order valence-electron chi connectivity index (χ4n) is 3.02. The molecule has 0 radical (unpaired) electrons. The molecule has 6 heteroatoms. The highest BCUT2D eigenvalue weighted by atomic mass is 19.1. The van der Waals surface area contributed by atoms with Crippen LogP contribution in [0.2, 0.25) is 0 Å². The summed E-state index contributed by atoms with van der Waals surface area (Å²) < 4.78 is 28.8. The normalized spacial score (nSPS) is 21.8. The van der Waals surface area contributed by atoms with Gasteiger partial charge in [-0.2, -0.15) is 0 Å². The van der Waals surface area contributed by atoms with Crippen LogP contribution in [-0.2, 0) is 6.54 Å². The van der Waals surface area contributed by atoms with Gasteiger partial charge in [0.2, 0.25) is 0 Å². The molecule has 0 amide bonds. The van der Waals surface area contributed by atoms with Gasteiger partial charge in [-0.25, -0.2) is 13.8 Å². The minimum Gasteiger partial charge on any atom is -0.392 e. The number of β-amino-alcohol motifs (C(OH)–C–C–N with tert-alkyl or cyclic N) is 1. The standard InChI is InChI=1S/C15H19F2N3O/c1-10(19-4-2-3-12(21)8-19)7-20-9-18-15-13(17)5-11(16)6-14(15)20/h5-6,9-10,12,21H,2-4,7-8H2,1H3/t10?,12-/m0/s1. The first-order valence-corrected chi connectivity index (χ1v) is 7.26. The molecule has 1 aromatic heterocycles. The molecule has 0 bridgehead atoms. The number of likely N-dealkylation sites (tertiary alicyclic amines) is 1. The number of imidazole rings is 1. The van der Waals surface area contributed by atoms with E-state index >= 15 is 0 Å². The number of hydrogen-bond donors (Lipinski definition) is 1. The zero-order valence-electron chi connectivity index (χ0n) is 12.0. The third kappa shape index (κ3) is 2.91. The van der Waals surface area contributed by atoms with E-state index in [4.69, 9.17) is 0 Å². The van der Waals surface area contributed by atoms with E-state index in [1.807, 2.05) is 0 Å². The second-order valence-electron chi connectivity index (χ2n) is 5.79. The Balaban J connectivity index is 1.81. The maximum Gasteiger partial charge on any atom is 0.153 e. The van der Waals surface area contributed by atoms with E-state index < -0.39 is 11.6 Å². The van der Waals surface area contributed by atoms with E-state index in [1.54, 1.807) is 10.9 Å². The number of piperidine rings is 1. The molecule has 2 heterocycles. The number of aliphatic hydroxyl groups is 1. The van der Waals surface area contributed by atoms with Crippen molar-refractivity contribution in [1.29, 1.82) is 0 Å². The fourth-order valence-corrected chi connectivity index (χ4v) is 3.02. The molecule has 1 aliphatic heterocycles. The van der Waals surface area contributed by atoms with Gasteiger partial charge in [0, 0.05) is 25.2 Å². The lowest BCUT2D eigenvalue weighted by molar-refractivity contribution is 0.0467. The van der Waals surface area contributed by atoms with Crippen molar-refractivity contribution < 1.29 is 13.9 Å². The molecule has 1 aliphatic rings. The first-order chi connectivity index (χ1) is 10.0. The van der Waals surface area contributed by atoms with E-state index in [-0.39, 0.29) is 17.7 Å². The average Bonchev–Trinajstić information content (AvgIpc) is 2.82. The molecule has 2 atom stereocenters. The van der Waals surface area contributed by atoms with Gasteiger partial charge in [0.25, 0.3) is 0 Å². The lowest BCUT2D eigenvalue weighted by atomic mass is 10.1. The molecule has 1 unspecified atom stereocenters. The fraction of sp³-hybridized carbons (Fsp3) is 0.533. The summed E-state index contributed by atoms with van der Waals surface area (Å²) in [5.41, 5.74) is 0.666. The molecule has 0 aliphatic carbocycles. The van der Waals surface area contributed by atoms with Crippen LogP contribution >= 0.6 is 0 Å². The maximum atomic E-state index is 13.6. The van der Waals surface area contributed by atoms with Crippen molar-refractivity contribution in [3.63, 3.8) is 0 Å². The monoisotopic (exact) mass is 295 g/mol.